The molecule has 0 radical (unpaired) electrons. The first-order chi connectivity index (χ1) is 9.31. The molecule has 3 nitrogen and oxygen atoms in total. The van der Waals surface area contributed by atoms with Crippen LogP contribution in [0.25, 0.3) is 0 Å². The normalized spacial score (nSPS) is 10.6. The lowest BCUT2D eigenvalue weighted by Crippen LogP contribution is -1.88. The number of methoxy groups -OCH3 is 2. The molecule has 3 heteroatoms. The van der Waals surface area contributed by atoms with Gasteiger partial charge >= 0.3 is 0 Å². The Kier molecular flexibility index (Phi) is 4.56. The number of hydrogen-bond donors (Lipinski definition) is 0. The van der Waals surface area contributed by atoms with E-state index in [1.165, 1.54) is 0 Å². The minimum absolute atomic E-state index is 0.633. The summed E-state index contributed by atoms with van der Waals surface area (Å²) in [5, 5.41) is 0. The first-order valence-corrected chi connectivity index (χ1v) is 6.08. The van der Waals surface area contributed by atoms with Crippen LogP contribution in [-0.4, -0.2) is 20.4 Å². The van der Waals surface area contributed by atoms with Crippen LogP contribution in [0.4, 0.5) is 0 Å². The van der Waals surface area contributed by atoms with Crippen LogP contribution in [0.15, 0.2) is 53.5 Å². The van der Waals surface area contributed by atoms with E-state index in [0.29, 0.717) is 6.54 Å². The van der Waals surface area contributed by atoms with Gasteiger partial charge in [0.25, 0.3) is 0 Å². The Hall–Kier alpha value is -2.29. The van der Waals surface area contributed by atoms with E-state index in [4.69, 9.17) is 9.47 Å². The van der Waals surface area contributed by atoms with Gasteiger partial charge in [-0.15, -0.1) is 0 Å². The standard InChI is InChI=1S/C16H17NO2/c1-18-15-7-3-5-13(9-15)11-17-12-14-6-4-8-16(10-14)19-2/h3-11H,12H2,1-2H3. The second kappa shape index (κ2) is 6.59. The predicted octanol–water partition coefficient (Wildman–Crippen LogP) is 3.32. The average Bonchev–Trinajstić information content (AvgIpc) is 2.48. The molecule has 0 unspecified atom stereocenters. The molecule has 98 valence electrons. The lowest BCUT2D eigenvalue weighted by molar-refractivity contribution is 0.414. The topological polar surface area (TPSA) is 30.8 Å². The molecule has 0 aliphatic carbocycles. The highest BCUT2D eigenvalue weighted by molar-refractivity contribution is 5.80. The van der Waals surface area contributed by atoms with Gasteiger partial charge < -0.3 is 9.47 Å². The minimum atomic E-state index is 0.633. The molecule has 2 aromatic carbocycles. The van der Waals surface area contributed by atoms with Crippen molar-refractivity contribution in [1.82, 2.24) is 0 Å². The first-order valence-electron chi connectivity index (χ1n) is 6.08. The van der Waals surface area contributed by atoms with Crippen LogP contribution >= 0.6 is 0 Å². The highest BCUT2D eigenvalue weighted by Crippen LogP contribution is 2.14. The average molecular weight is 255 g/mol. The number of hydrogen-bond acceptors (Lipinski definition) is 3. The number of benzene rings is 2. The summed E-state index contributed by atoms with van der Waals surface area (Å²) in [7, 11) is 3.32. The molecular formula is C16H17NO2. The second-order valence-electron chi connectivity index (χ2n) is 4.10. The summed E-state index contributed by atoms with van der Waals surface area (Å²) in [5.74, 6) is 1.69. The summed E-state index contributed by atoms with van der Waals surface area (Å²) in [6.45, 7) is 0.633. The van der Waals surface area contributed by atoms with Gasteiger partial charge in [-0.2, -0.15) is 0 Å². The van der Waals surface area contributed by atoms with Crippen LogP contribution in [0, 0.1) is 0 Å². The molecule has 0 amide bonds. The van der Waals surface area contributed by atoms with Crippen LogP contribution in [-0.2, 0) is 6.54 Å². The number of ether oxygens (including phenoxy) is 2. The van der Waals surface area contributed by atoms with Crippen molar-refractivity contribution >= 4 is 6.21 Å². The maximum Gasteiger partial charge on any atom is 0.119 e. The summed E-state index contributed by atoms with van der Waals surface area (Å²) >= 11 is 0. The van der Waals surface area contributed by atoms with E-state index < -0.39 is 0 Å². The molecule has 19 heavy (non-hydrogen) atoms. The fraction of sp³-hybridized carbons (Fsp3) is 0.188. The molecule has 2 rings (SSSR count). The van der Waals surface area contributed by atoms with Crippen molar-refractivity contribution < 1.29 is 9.47 Å². The zero-order valence-electron chi connectivity index (χ0n) is 11.2. The van der Waals surface area contributed by atoms with E-state index in [1.807, 2.05) is 54.7 Å². The zero-order chi connectivity index (χ0) is 13.5. The Morgan fingerprint density at radius 2 is 1.63 bits per heavy atom. The monoisotopic (exact) mass is 255 g/mol. The molecule has 2 aromatic rings. The third-order valence-electron chi connectivity index (χ3n) is 2.74. The molecule has 0 bridgehead atoms. The van der Waals surface area contributed by atoms with Crippen LogP contribution < -0.4 is 9.47 Å². The van der Waals surface area contributed by atoms with E-state index in [-0.39, 0.29) is 0 Å². The lowest BCUT2D eigenvalue weighted by atomic mass is 10.2. The Balaban J connectivity index is 2.02. The number of rotatable bonds is 5. The molecule has 0 atom stereocenters. The summed E-state index contributed by atoms with van der Waals surface area (Å²) in [4.78, 5) is 4.43. The predicted molar refractivity (Wildman–Crippen MR) is 77.3 cm³/mol. The fourth-order valence-electron chi connectivity index (χ4n) is 1.75. The Morgan fingerprint density at radius 1 is 0.947 bits per heavy atom. The zero-order valence-corrected chi connectivity index (χ0v) is 11.2. The van der Waals surface area contributed by atoms with Crippen molar-refractivity contribution in [2.24, 2.45) is 4.99 Å². The Morgan fingerprint density at radius 3 is 2.37 bits per heavy atom. The van der Waals surface area contributed by atoms with Gasteiger partial charge in [-0.05, 0) is 35.4 Å². The van der Waals surface area contributed by atoms with Crippen molar-refractivity contribution in [1.29, 1.82) is 0 Å². The van der Waals surface area contributed by atoms with Gasteiger partial charge in [-0.3, -0.25) is 4.99 Å². The van der Waals surface area contributed by atoms with Crippen molar-refractivity contribution in [3.63, 3.8) is 0 Å². The largest absolute Gasteiger partial charge is 0.497 e. The third kappa shape index (κ3) is 3.85. The van der Waals surface area contributed by atoms with Gasteiger partial charge in [0.15, 0.2) is 0 Å². The van der Waals surface area contributed by atoms with E-state index in [0.717, 1.165) is 22.6 Å². The van der Waals surface area contributed by atoms with E-state index in [2.05, 4.69) is 4.99 Å². The summed E-state index contributed by atoms with van der Waals surface area (Å²) in [6, 6.07) is 15.7. The quantitative estimate of drug-likeness (QED) is 0.767. The third-order valence-corrected chi connectivity index (χ3v) is 2.74. The Labute approximate surface area is 113 Å². The minimum Gasteiger partial charge on any atom is -0.497 e. The Bertz CT molecular complexity index is 564. The van der Waals surface area contributed by atoms with Crippen molar-refractivity contribution in [3.05, 3.63) is 59.7 Å². The van der Waals surface area contributed by atoms with E-state index in [1.54, 1.807) is 14.2 Å². The van der Waals surface area contributed by atoms with Crippen LogP contribution in [0.1, 0.15) is 11.1 Å². The molecule has 0 aliphatic heterocycles. The molecule has 0 spiro atoms. The maximum atomic E-state index is 5.18. The highest BCUT2D eigenvalue weighted by atomic mass is 16.5. The van der Waals surface area contributed by atoms with Crippen LogP contribution in [0.3, 0.4) is 0 Å². The molecule has 0 aromatic heterocycles. The summed E-state index contributed by atoms with van der Waals surface area (Å²) in [6.07, 6.45) is 1.85. The molecule has 0 fully saturated rings. The van der Waals surface area contributed by atoms with Gasteiger partial charge in [0.1, 0.15) is 11.5 Å². The van der Waals surface area contributed by atoms with E-state index in [9.17, 15) is 0 Å². The number of nitrogens with zero attached hydrogens (tertiary/aromatic N) is 1. The molecule has 0 heterocycles. The molecule has 0 saturated heterocycles. The first kappa shape index (κ1) is 13.1. The summed E-state index contributed by atoms with van der Waals surface area (Å²) < 4.78 is 10.4. The van der Waals surface area contributed by atoms with Crippen molar-refractivity contribution in [3.8, 4) is 11.5 Å². The van der Waals surface area contributed by atoms with Crippen LogP contribution in [0.5, 0.6) is 11.5 Å². The molecular weight excluding hydrogens is 238 g/mol. The smallest absolute Gasteiger partial charge is 0.119 e. The molecule has 0 aliphatic rings. The fourth-order valence-corrected chi connectivity index (χ4v) is 1.75. The van der Waals surface area contributed by atoms with Crippen LogP contribution in [0.2, 0.25) is 0 Å². The van der Waals surface area contributed by atoms with Gasteiger partial charge in [-0.1, -0.05) is 24.3 Å². The van der Waals surface area contributed by atoms with Crippen molar-refractivity contribution in [2.45, 2.75) is 6.54 Å². The lowest BCUT2D eigenvalue weighted by Gasteiger charge is -2.02. The molecule has 0 N–H and O–H groups in total. The summed E-state index contributed by atoms with van der Waals surface area (Å²) in [5.41, 5.74) is 2.15. The SMILES string of the molecule is COc1cccc(C=NCc2cccc(OC)c2)c1. The highest BCUT2D eigenvalue weighted by Gasteiger charge is 1.95. The van der Waals surface area contributed by atoms with Gasteiger partial charge in [0.05, 0.1) is 20.8 Å². The van der Waals surface area contributed by atoms with Gasteiger partial charge in [0, 0.05) is 6.21 Å². The van der Waals surface area contributed by atoms with Crippen molar-refractivity contribution in [2.75, 3.05) is 14.2 Å². The van der Waals surface area contributed by atoms with Gasteiger partial charge in [0.2, 0.25) is 0 Å². The molecule has 0 saturated carbocycles. The van der Waals surface area contributed by atoms with Gasteiger partial charge in [-0.25, -0.2) is 0 Å². The number of aliphatic imine (C=N–C) groups is 1. The van der Waals surface area contributed by atoms with E-state index >= 15 is 0 Å². The maximum absolute atomic E-state index is 5.18. The second-order valence-corrected chi connectivity index (χ2v) is 4.10.